The molecule has 0 bridgehead atoms. The molecule has 1 aliphatic rings. The molecule has 8 heteroatoms. The van der Waals surface area contributed by atoms with Gasteiger partial charge in [0.2, 0.25) is 0 Å². The number of nitrogens with zero attached hydrogens (tertiary/aromatic N) is 1. The minimum Gasteiger partial charge on any atom is -0.394 e. The molecule has 0 aromatic heterocycles. The second-order valence-electron chi connectivity index (χ2n) is 2.99. The number of hydrogen-bond donors (Lipinski definition) is 4. The largest absolute Gasteiger partial charge is 0.394 e. The Morgan fingerprint density at radius 1 is 1.27 bits per heavy atom. The third-order valence-corrected chi connectivity index (χ3v) is 2.12. The quantitative estimate of drug-likeness (QED) is 0.251. The van der Waals surface area contributed by atoms with Gasteiger partial charge in [-0.3, -0.25) is 0 Å². The summed E-state index contributed by atoms with van der Waals surface area (Å²) in [6, 6.07) is 0. The van der Waals surface area contributed by atoms with E-state index in [9.17, 15) is 15.3 Å². The van der Waals surface area contributed by atoms with Gasteiger partial charge in [0, 0.05) is 0 Å². The monoisotopic (exact) mass is 237 g/mol. The predicted molar refractivity (Wildman–Crippen MR) is 49.9 cm³/mol. The zero-order chi connectivity index (χ0) is 11.4. The van der Waals surface area contributed by atoms with Crippen molar-refractivity contribution in [3.63, 3.8) is 0 Å². The van der Waals surface area contributed by atoms with Crippen molar-refractivity contribution in [2.45, 2.75) is 30.7 Å². The molecule has 0 unspecified atom stereocenters. The first-order valence-electron chi connectivity index (χ1n) is 4.15. The molecular weight excluding hydrogens is 226 g/mol. The first-order chi connectivity index (χ1) is 7.11. The van der Waals surface area contributed by atoms with Gasteiger partial charge in [-0.2, -0.15) is 0 Å². The van der Waals surface area contributed by atoms with Gasteiger partial charge >= 0.3 is 0 Å². The molecule has 86 valence electrons. The molecule has 0 saturated carbocycles. The fourth-order valence-corrected chi connectivity index (χ4v) is 1.27. The molecule has 0 amide bonds. The third kappa shape index (κ3) is 2.70. The van der Waals surface area contributed by atoms with Crippen molar-refractivity contribution in [2.24, 2.45) is 5.16 Å². The van der Waals surface area contributed by atoms with Gasteiger partial charge in [-0.15, -0.1) is 0 Å². The van der Waals surface area contributed by atoms with E-state index in [-0.39, 0.29) is 0 Å². The minimum atomic E-state index is -1.48. The summed E-state index contributed by atoms with van der Waals surface area (Å²) in [5, 5.41) is 41.8. The third-order valence-electron chi connectivity index (χ3n) is 2.04. The fourth-order valence-electron chi connectivity index (χ4n) is 1.23. The highest BCUT2D eigenvalue weighted by Gasteiger charge is 2.44. The lowest BCUT2D eigenvalue weighted by molar-refractivity contribution is -0.301. The number of ether oxygens (including phenoxy) is 1. The van der Waals surface area contributed by atoms with Gasteiger partial charge in [-0.05, 0) is 17.4 Å². The van der Waals surface area contributed by atoms with E-state index in [1.807, 2.05) is 5.16 Å². The van der Waals surface area contributed by atoms with E-state index in [0.717, 1.165) is 0 Å². The molecule has 0 spiro atoms. The maximum Gasteiger partial charge on any atom is 0.256 e. The Kier molecular flexibility index (Phi) is 4.55. The van der Waals surface area contributed by atoms with Gasteiger partial charge in [0.15, 0.2) is 0 Å². The van der Waals surface area contributed by atoms with Crippen LogP contribution in [0.5, 0.6) is 0 Å². The molecule has 5 atom stereocenters. The van der Waals surface area contributed by atoms with Crippen molar-refractivity contribution in [2.75, 3.05) is 6.61 Å². The minimum absolute atomic E-state index is 0.522. The van der Waals surface area contributed by atoms with Crippen molar-refractivity contribution in [1.82, 2.24) is 0 Å². The van der Waals surface area contributed by atoms with Crippen LogP contribution in [0.25, 0.3) is 0 Å². The smallest absolute Gasteiger partial charge is 0.256 e. The fraction of sp³-hybridized carbons (Fsp3) is 0.857. The lowest BCUT2D eigenvalue weighted by Crippen LogP contribution is -2.58. The maximum atomic E-state index is 9.38. The first-order valence-corrected chi connectivity index (χ1v) is 4.56. The summed E-state index contributed by atoms with van der Waals surface area (Å²) in [5.74, 6) is 0. The Morgan fingerprint density at radius 2 is 1.93 bits per heavy atom. The molecule has 0 aromatic carbocycles. The van der Waals surface area contributed by atoms with E-state index in [1.165, 1.54) is 0 Å². The Balaban J connectivity index is 2.69. The van der Waals surface area contributed by atoms with E-state index in [2.05, 4.69) is 22.2 Å². The van der Waals surface area contributed by atoms with Crippen molar-refractivity contribution in [1.29, 1.82) is 0 Å². The Bertz CT molecular complexity index is 256. The topological polar surface area (TPSA) is 112 Å². The van der Waals surface area contributed by atoms with Crippen LogP contribution in [-0.4, -0.2) is 62.9 Å². The maximum absolute atomic E-state index is 9.38. The summed E-state index contributed by atoms with van der Waals surface area (Å²) in [4.78, 5) is 4.55. The van der Waals surface area contributed by atoms with Gasteiger partial charge in [0.25, 0.3) is 6.29 Å². The second kappa shape index (κ2) is 5.47. The average molecular weight is 237 g/mol. The van der Waals surface area contributed by atoms with E-state index < -0.39 is 37.3 Å². The highest BCUT2D eigenvalue weighted by molar-refractivity contribution is 7.78. The average Bonchev–Trinajstić information content (AvgIpc) is 2.25. The number of rotatable bonds is 3. The van der Waals surface area contributed by atoms with Crippen molar-refractivity contribution >= 4 is 17.4 Å². The highest BCUT2D eigenvalue weighted by atomic mass is 32.1. The van der Waals surface area contributed by atoms with Gasteiger partial charge in [0.05, 0.1) is 6.61 Å². The summed E-state index contributed by atoms with van der Waals surface area (Å²) in [6.45, 7) is -0.522. The molecule has 1 rings (SSSR count). The summed E-state index contributed by atoms with van der Waals surface area (Å²) in [7, 11) is 0. The number of aliphatic hydroxyl groups excluding tert-OH is 4. The second-order valence-corrected chi connectivity index (χ2v) is 3.17. The molecule has 4 N–H and O–H groups in total. The molecule has 7 nitrogen and oxygen atoms in total. The summed E-state index contributed by atoms with van der Waals surface area (Å²) in [5.41, 5.74) is 0. The SMILES string of the molecule is OC[C@H]1O[C@H](ON=C=S)[C@@H](O)[C@@H](O)[C@@H]1O. The van der Waals surface area contributed by atoms with E-state index >= 15 is 0 Å². The number of aliphatic hydroxyl groups is 4. The predicted octanol–water partition coefficient (Wildman–Crippen LogP) is -2.18. The summed E-state index contributed by atoms with van der Waals surface area (Å²) >= 11 is 4.23. The molecule has 1 fully saturated rings. The van der Waals surface area contributed by atoms with Crippen LogP contribution in [0.1, 0.15) is 0 Å². The zero-order valence-corrected chi connectivity index (χ0v) is 8.37. The van der Waals surface area contributed by atoms with Gasteiger partial charge in [0.1, 0.15) is 29.6 Å². The van der Waals surface area contributed by atoms with Crippen LogP contribution in [0, 0.1) is 0 Å². The molecule has 1 aliphatic heterocycles. The van der Waals surface area contributed by atoms with Gasteiger partial charge in [-0.1, -0.05) is 0 Å². The number of isothiocyanates is 1. The van der Waals surface area contributed by atoms with Crippen LogP contribution in [-0.2, 0) is 9.57 Å². The molecule has 0 radical (unpaired) electrons. The summed E-state index contributed by atoms with van der Waals surface area (Å²) < 4.78 is 4.92. The van der Waals surface area contributed by atoms with Crippen LogP contribution in [0.2, 0.25) is 0 Å². The van der Waals surface area contributed by atoms with Crippen LogP contribution in [0.3, 0.4) is 0 Å². The van der Waals surface area contributed by atoms with Crippen LogP contribution >= 0.6 is 12.2 Å². The van der Waals surface area contributed by atoms with Crippen molar-refractivity contribution in [3.8, 4) is 0 Å². The van der Waals surface area contributed by atoms with Crippen LogP contribution < -0.4 is 0 Å². The molecule has 15 heavy (non-hydrogen) atoms. The molecule has 1 heterocycles. The van der Waals surface area contributed by atoms with Crippen molar-refractivity contribution < 1.29 is 30.0 Å². The molecular formula is C7H11NO6S. The first kappa shape index (κ1) is 12.5. The van der Waals surface area contributed by atoms with Crippen molar-refractivity contribution in [3.05, 3.63) is 0 Å². The highest BCUT2D eigenvalue weighted by Crippen LogP contribution is 2.21. The summed E-state index contributed by atoms with van der Waals surface area (Å²) in [6.07, 6.45) is -6.69. The Labute approximate surface area is 90.5 Å². The Hall–Kier alpha value is -0.600. The zero-order valence-electron chi connectivity index (χ0n) is 7.55. The number of thiocarbonyl (C=S) groups is 1. The van der Waals surface area contributed by atoms with E-state index in [4.69, 9.17) is 9.84 Å². The Morgan fingerprint density at radius 3 is 2.47 bits per heavy atom. The lowest BCUT2D eigenvalue weighted by atomic mass is 9.99. The van der Waals surface area contributed by atoms with Gasteiger partial charge in [-0.25, -0.2) is 0 Å². The van der Waals surface area contributed by atoms with Gasteiger partial charge < -0.3 is 30.0 Å². The van der Waals surface area contributed by atoms with E-state index in [1.54, 1.807) is 0 Å². The number of hydrogen-bond acceptors (Lipinski definition) is 8. The normalized spacial score (nSPS) is 40.7. The molecule has 0 aromatic rings. The van der Waals surface area contributed by atoms with Crippen LogP contribution in [0.4, 0.5) is 0 Å². The molecule has 0 aliphatic carbocycles. The standard InChI is InChI=1S/C7H11NO6S/c9-1-3-4(10)5(11)6(12)7(13-3)14-8-2-15/h3-7,9-12H,1H2/t3-,4-,5+,6+,7-/m1/s1. The van der Waals surface area contributed by atoms with Crippen LogP contribution in [0.15, 0.2) is 5.16 Å². The molecule has 1 saturated heterocycles. The van der Waals surface area contributed by atoms with E-state index in [0.29, 0.717) is 0 Å². The lowest BCUT2D eigenvalue weighted by Gasteiger charge is -2.37.